The lowest BCUT2D eigenvalue weighted by Crippen LogP contribution is -2.51. The summed E-state index contributed by atoms with van der Waals surface area (Å²) in [6.07, 6.45) is 7.94. The number of aromatic nitrogens is 4. The molecule has 2 aromatic carbocycles. The summed E-state index contributed by atoms with van der Waals surface area (Å²) in [5, 5.41) is 3.14. The van der Waals surface area contributed by atoms with E-state index in [4.69, 9.17) is 9.97 Å². The van der Waals surface area contributed by atoms with Gasteiger partial charge in [0.25, 0.3) is 0 Å². The SMILES string of the molecule is CC(C)(C)Cc1nc2cc(S(=O)(=O)CC3CN(S(C)(=O)=O)C3)ccc2n1CC1CC1.CC(C)(C)Cc1nc2cc(S(=O)(=O)CC3CNC3)ccc2n1CC1CC1. The number of sulfonamides is 1. The van der Waals surface area contributed by atoms with Crippen molar-refractivity contribution in [2.75, 3.05) is 43.9 Å². The second-order valence-corrected chi connectivity index (χ2v) is 25.5. The molecule has 0 spiro atoms. The fraction of sp³-hybridized carbons (Fsp3) is 0.659. The third-order valence-electron chi connectivity index (χ3n) is 11.1. The molecule has 0 bridgehead atoms. The zero-order chi connectivity index (χ0) is 40.4. The Morgan fingerprint density at radius 3 is 1.38 bits per heavy atom. The molecule has 12 nitrogen and oxygen atoms in total. The standard InChI is InChI=1S/C21H31N3O4S2.C20H29N3O2S/c1-21(2,3)10-20-22-18-9-17(7-8-19(18)24(20)13-15-5-6-15)30(27,28)14-16-11-23(12-16)29(4,25)26;1-20(2,3)9-19-22-17-8-16(26(24,25)13-15-10-21-11-15)6-7-18(17)23(19)12-14-4-5-14/h7-9,15-16H,5-6,10-14H2,1-4H3;6-8,14-15,21H,4-5,9-13H2,1-3H3. The third-order valence-corrected chi connectivity index (χ3v) is 16.1. The van der Waals surface area contributed by atoms with Gasteiger partial charge in [0, 0.05) is 58.0 Å². The van der Waals surface area contributed by atoms with Crippen LogP contribution in [0.15, 0.2) is 46.2 Å². The monoisotopic (exact) mass is 828 g/mol. The van der Waals surface area contributed by atoms with Crippen LogP contribution in [0, 0.1) is 34.5 Å². The second-order valence-electron chi connectivity index (χ2n) is 19.5. The van der Waals surface area contributed by atoms with Crippen molar-refractivity contribution in [3.63, 3.8) is 0 Å². The van der Waals surface area contributed by atoms with Gasteiger partial charge in [-0.2, -0.15) is 0 Å². The Balaban J connectivity index is 0.000000173. The molecule has 1 N–H and O–H groups in total. The lowest BCUT2D eigenvalue weighted by atomic mass is 9.92. The van der Waals surface area contributed by atoms with Crippen molar-refractivity contribution in [2.24, 2.45) is 34.5 Å². The highest BCUT2D eigenvalue weighted by Crippen LogP contribution is 2.36. The van der Waals surface area contributed by atoms with Crippen molar-refractivity contribution in [1.82, 2.24) is 28.7 Å². The molecule has 0 unspecified atom stereocenters. The number of rotatable bonds is 13. The van der Waals surface area contributed by atoms with E-state index in [1.54, 1.807) is 24.3 Å². The summed E-state index contributed by atoms with van der Waals surface area (Å²) in [4.78, 5) is 10.4. The van der Waals surface area contributed by atoms with Crippen LogP contribution < -0.4 is 5.32 Å². The van der Waals surface area contributed by atoms with Gasteiger partial charge in [-0.1, -0.05) is 41.5 Å². The number of nitrogens with one attached hydrogen (secondary N) is 1. The summed E-state index contributed by atoms with van der Waals surface area (Å²) in [6, 6.07) is 10.8. The van der Waals surface area contributed by atoms with E-state index >= 15 is 0 Å². The Hall–Kier alpha value is -2.85. The molecule has 56 heavy (non-hydrogen) atoms. The highest BCUT2D eigenvalue weighted by Gasteiger charge is 2.37. The average Bonchev–Trinajstić information content (AvgIpc) is 3.96. The largest absolute Gasteiger partial charge is 0.328 e. The fourth-order valence-corrected chi connectivity index (χ4v) is 11.8. The highest BCUT2D eigenvalue weighted by molar-refractivity contribution is 7.91. The maximum absolute atomic E-state index is 12.9. The number of imidazole rings is 2. The molecule has 2 saturated heterocycles. The summed E-state index contributed by atoms with van der Waals surface area (Å²) in [5.41, 5.74) is 3.84. The molecule has 0 radical (unpaired) electrons. The van der Waals surface area contributed by atoms with Crippen LogP contribution in [0.1, 0.15) is 78.9 Å². The van der Waals surface area contributed by atoms with Gasteiger partial charge in [-0.15, -0.1) is 0 Å². The molecule has 4 aliphatic rings. The van der Waals surface area contributed by atoms with Gasteiger partial charge in [-0.05, 0) is 90.7 Å². The normalized spacial score (nSPS) is 19.2. The number of hydrogen-bond donors (Lipinski definition) is 1. The molecule has 2 aliphatic carbocycles. The molecule has 2 aliphatic heterocycles. The molecular weight excluding hydrogens is 769 g/mol. The second kappa shape index (κ2) is 15.1. The predicted octanol–water partition coefficient (Wildman–Crippen LogP) is 5.73. The van der Waals surface area contributed by atoms with Crippen LogP contribution in [0.2, 0.25) is 0 Å². The number of hydrogen-bond acceptors (Lipinski definition) is 9. The molecule has 2 aromatic heterocycles. The first kappa shape index (κ1) is 41.3. The molecule has 0 atom stereocenters. The molecule has 2 saturated carbocycles. The van der Waals surface area contributed by atoms with Crippen LogP contribution in [0.25, 0.3) is 22.1 Å². The molecule has 308 valence electrons. The number of fused-ring (bicyclic) bond motifs is 2. The van der Waals surface area contributed by atoms with E-state index in [1.165, 1.54) is 30.0 Å². The molecular formula is C41H60N6O6S3. The third kappa shape index (κ3) is 10.0. The Bertz CT molecular complexity index is 2420. The summed E-state index contributed by atoms with van der Waals surface area (Å²) in [5.74, 6) is 3.80. The fourth-order valence-electron chi connectivity index (χ4n) is 7.63. The van der Waals surface area contributed by atoms with Crippen LogP contribution in [0.5, 0.6) is 0 Å². The van der Waals surface area contributed by atoms with Crippen molar-refractivity contribution in [3.05, 3.63) is 48.0 Å². The first-order chi connectivity index (χ1) is 26.0. The van der Waals surface area contributed by atoms with Crippen LogP contribution in [-0.4, -0.2) is 92.6 Å². The number of benzene rings is 2. The van der Waals surface area contributed by atoms with E-state index in [9.17, 15) is 25.3 Å². The Labute approximate surface area is 333 Å². The van der Waals surface area contributed by atoms with Gasteiger partial charge >= 0.3 is 0 Å². The van der Waals surface area contributed by atoms with E-state index in [0.29, 0.717) is 10.8 Å². The van der Waals surface area contributed by atoms with Crippen LogP contribution in [0.4, 0.5) is 0 Å². The summed E-state index contributed by atoms with van der Waals surface area (Å²) in [7, 11) is -10.00. The van der Waals surface area contributed by atoms with Gasteiger partial charge in [0.2, 0.25) is 10.0 Å². The molecule has 4 heterocycles. The molecule has 15 heteroatoms. The van der Waals surface area contributed by atoms with Crippen molar-refractivity contribution in [2.45, 2.75) is 103 Å². The average molecular weight is 829 g/mol. The van der Waals surface area contributed by atoms with Gasteiger partial charge in [0.1, 0.15) is 11.6 Å². The van der Waals surface area contributed by atoms with E-state index in [1.807, 2.05) is 12.1 Å². The number of sulfone groups is 2. The Kier molecular flexibility index (Phi) is 11.1. The predicted molar refractivity (Wildman–Crippen MR) is 222 cm³/mol. The topological polar surface area (TPSA) is 153 Å². The molecule has 0 amide bonds. The van der Waals surface area contributed by atoms with Gasteiger partial charge in [-0.3, -0.25) is 0 Å². The Morgan fingerprint density at radius 1 is 0.625 bits per heavy atom. The zero-order valence-corrected chi connectivity index (χ0v) is 36.5. The van der Waals surface area contributed by atoms with Crippen LogP contribution in [0.3, 0.4) is 0 Å². The summed E-state index contributed by atoms with van der Waals surface area (Å²) >= 11 is 0. The smallest absolute Gasteiger partial charge is 0.211 e. The summed E-state index contributed by atoms with van der Waals surface area (Å²) in [6.45, 7) is 17.3. The zero-order valence-electron chi connectivity index (χ0n) is 34.1. The molecule has 8 rings (SSSR count). The van der Waals surface area contributed by atoms with E-state index in [2.05, 4.69) is 56.0 Å². The quantitative estimate of drug-likeness (QED) is 0.178. The maximum atomic E-state index is 12.9. The lowest BCUT2D eigenvalue weighted by molar-refractivity contribution is 0.221. The van der Waals surface area contributed by atoms with Crippen LogP contribution >= 0.6 is 0 Å². The van der Waals surface area contributed by atoms with E-state index < -0.39 is 29.7 Å². The minimum Gasteiger partial charge on any atom is -0.328 e. The minimum atomic E-state index is -3.50. The summed E-state index contributed by atoms with van der Waals surface area (Å²) < 4.78 is 80.3. The Morgan fingerprint density at radius 2 is 1.04 bits per heavy atom. The van der Waals surface area contributed by atoms with E-state index in [0.717, 1.165) is 84.9 Å². The van der Waals surface area contributed by atoms with Crippen molar-refractivity contribution in [1.29, 1.82) is 0 Å². The first-order valence-corrected chi connectivity index (χ1v) is 25.3. The van der Waals surface area contributed by atoms with E-state index in [-0.39, 0.29) is 52.2 Å². The first-order valence-electron chi connectivity index (χ1n) is 20.1. The van der Waals surface area contributed by atoms with Crippen molar-refractivity contribution >= 4 is 51.8 Å². The highest BCUT2D eigenvalue weighted by atomic mass is 32.2. The molecule has 4 aromatic rings. The van der Waals surface area contributed by atoms with Crippen molar-refractivity contribution in [3.8, 4) is 0 Å². The minimum absolute atomic E-state index is 0.0395. The molecule has 4 fully saturated rings. The number of nitrogens with zero attached hydrogens (tertiary/aromatic N) is 5. The van der Waals surface area contributed by atoms with Crippen molar-refractivity contribution < 1.29 is 25.3 Å². The van der Waals surface area contributed by atoms with Gasteiger partial charge < -0.3 is 14.5 Å². The maximum Gasteiger partial charge on any atom is 0.211 e. The van der Waals surface area contributed by atoms with Crippen LogP contribution in [-0.2, 0) is 55.6 Å². The lowest BCUT2D eigenvalue weighted by Gasteiger charge is -2.36. The van der Waals surface area contributed by atoms with Gasteiger partial charge in [-0.25, -0.2) is 39.5 Å². The van der Waals surface area contributed by atoms with Gasteiger partial charge in [0.15, 0.2) is 19.7 Å². The van der Waals surface area contributed by atoms with Gasteiger partial charge in [0.05, 0.1) is 49.6 Å².